The van der Waals surface area contributed by atoms with E-state index in [1.165, 1.54) is 7.11 Å². The highest BCUT2D eigenvalue weighted by atomic mass is 16.5. The average Bonchev–Trinajstić information content (AvgIpc) is 2.47. The molecule has 0 aliphatic rings. The molecule has 0 fully saturated rings. The number of carbonyl (C=O) groups is 1. The first-order valence-electron chi connectivity index (χ1n) is 6.67. The third-order valence-corrected chi connectivity index (χ3v) is 2.81. The van der Waals surface area contributed by atoms with Crippen LogP contribution in [0.25, 0.3) is 0 Å². The number of benzene rings is 1. The summed E-state index contributed by atoms with van der Waals surface area (Å²) in [6, 6.07) is 6.69. The van der Waals surface area contributed by atoms with Gasteiger partial charge in [0.05, 0.1) is 31.0 Å². The van der Waals surface area contributed by atoms with E-state index in [9.17, 15) is 4.79 Å². The van der Waals surface area contributed by atoms with E-state index in [4.69, 9.17) is 14.7 Å². The number of methoxy groups -OCH3 is 1. The maximum Gasteiger partial charge on any atom is 0.328 e. The molecule has 1 N–H and O–H groups in total. The Hall–Kier alpha value is -2.22. The lowest BCUT2D eigenvalue weighted by Gasteiger charge is -2.19. The minimum Gasteiger partial charge on any atom is -0.495 e. The molecule has 1 aromatic carbocycles. The number of hydrogen-bond acceptors (Lipinski definition) is 5. The minimum absolute atomic E-state index is 0.277. The standard InChI is InChI=1S/C15H20N2O3/c1-4-6-13(15(18)20-5-2)17-12-8-7-11(10-16)9-14(12)19-3/h7-9,13,17H,4-6H2,1-3H3. The Kier molecular flexibility index (Phi) is 6.38. The van der Waals surface area contributed by atoms with Crippen LogP contribution in [0.5, 0.6) is 5.75 Å². The van der Waals surface area contributed by atoms with Gasteiger partial charge in [-0.15, -0.1) is 0 Å². The SMILES string of the molecule is CCCC(Nc1ccc(C#N)cc1OC)C(=O)OCC. The summed E-state index contributed by atoms with van der Waals surface area (Å²) < 4.78 is 10.3. The highest BCUT2D eigenvalue weighted by Crippen LogP contribution is 2.26. The normalized spacial score (nSPS) is 11.3. The average molecular weight is 276 g/mol. The quantitative estimate of drug-likeness (QED) is 0.775. The lowest BCUT2D eigenvalue weighted by Crippen LogP contribution is -2.31. The van der Waals surface area contributed by atoms with Gasteiger partial charge in [-0.05, 0) is 25.5 Å². The van der Waals surface area contributed by atoms with Crippen molar-refractivity contribution in [3.63, 3.8) is 0 Å². The second-order valence-electron chi connectivity index (χ2n) is 4.26. The molecule has 0 heterocycles. The van der Waals surface area contributed by atoms with Crippen LogP contribution < -0.4 is 10.1 Å². The molecule has 0 aromatic heterocycles. The molecule has 1 atom stereocenters. The molecule has 0 aliphatic heterocycles. The Balaban J connectivity index is 2.93. The second kappa shape index (κ2) is 8.05. The topological polar surface area (TPSA) is 71.3 Å². The smallest absolute Gasteiger partial charge is 0.328 e. The van der Waals surface area contributed by atoms with Gasteiger partial charge in [-0.2, -0.15) is 5.26 Å². The van der Waals surface area contributed by atoms with E-state index < -0.39 is 6.04 Å². The van der Waals surface area contributed by atoms with Crippen LogP contribution in [0.2, 0.25) is 0 Å². The van der Waals surface area contributed by atoms with Crippen LogP contribution in [0.4, 0.5) is 5.69 Å². The van der Waals surface area contributed by atoms with Gasteiger partial charge in [0.1, 0.15) is 11.8 Å². The molecule has 0 spiro atoms. The van der Waals surface area contributed by atoms with E-state index in [-0.39, 0.29) is 5.97 Å². The molecule has 108 valence electrons. The van der Waals surface area contributed by atoms with Gasteiger partial charge in [0.15, 0.2) is 0 Å². The minimum atomic E-state index is -0.415. The van der Waals surface area contributed by atoms with Crippen molar-refractivity contribution in [2.24, 2.45) is 0 Å². The van der Waals surface area contributed by atoms with Gasteiger partial charge >= 0.3 is 5.97 Å². The highest BCUT2D eigenvalue weighted by molar-refractivity contribution is 5.80. The third-order valence-electron chi connectivity index (χ3n) is 2.81. The van der Waals surface area contributed by atoms with E-state index in [0.717, 1.165) is 6.42 Å². The van der Waals surface area contributed by atoms with Gasteiger partial charge in [0, 0.05) is 6.07 Å². The van der Waals surface area contributed by atoms with Crippen molar-refractivity contribution >= 4 is 11.7 Å². The highest BCUT2D eigenvalue weighted by Gasteiger charge is 2.20. The molecule has 20 heavy (non-hydrogen) atoms. The lowest BCUT2D eigenvalue weighted by atomic mass is 10.1. The summed E-state index contributed by atoms with van der Waals surface area (Å²) >= 11 is 0. The summed E-state index contributed by atoms with van der Waals surface area (Å²) in [6.07, 6.45) is 1.52. The Morgan fingerprint density at radius 3 is 2.75 bits per heavy atom. The molecule has 1 unspecified atom stereocenters. The van der Waals surface area contributed by atoms with Gasteiger partial charge < -0.3 is 14.8 Å². The fraction of sp³-hybridized carbons (Fsp3) is 0.467. The number of ether oxygens (including phenoxy) is 2. The molecule has 1 aromatic rings. The van der Waals surface area contributed by atoms with Gasteiger partial charge in [-0.1, -0.05) is 13.3 Å². The third kappa shape index (κ3) is 4.16. The first kappa shape index (κ1) is 15.8. The second-order valence-corrected chi connectivity index (χ2v) is 4.26. The van der Waals surface area contributed by atoms with Crippen molar-refractivity contribution in [2.45, 2.75) is 32.7 Å². The fourth-order valence-corrected chi connectivity index (χ4v) is 1.85. The van der Waals surface area contributed by atoms with E-state index in [0.29, 0.717) is 30.0 Å². The fourth-order valence-electron chi connectivity index (χ4n) is 1.85. The molecule has 0 radical (unpaired) electrons. The zero-order valence-electron chi connectivity index (χ0n) is 12.1. The molecular weight excluding hydrogens is 256 g/mol. The number of nitriles is 1. The predicted octanol–water partition coefficient (Wildman–Crippen LogP) is 2.71. The number of hydrogen-bond donors (Lipinski definition) is 1. The van der Waals surface area contributed by atoms with E-state index >= 15 is 0 Å². The van der Waals surface area contributed by atoms with Crippen molar-refractivity contribution in [2.75, 3.05) is 19.0 Å². The van der Waals surface area contributed by atoms with Crippen LogP contribution in [0.3, 0.4) is 0 Å². The summed E-state index contributed by atoms with van der Waals surface area (Å²) in [5.74, 6) is 0.259. The van der Waals surface area contributed by atoms with Gasteiger partial charge in [0.25, 0.3) is 0 Å². The number of rotatable bonds is 7. The van der Waals surface area contributed by atoms with Crippen LogP contribution >= 0.6 is 0 Å². The van der Waals surface area contributed by atoms with Crippen molar-refractivity contribution in [3.05, 3.63) is 23.8 Å². The predicted molar refractivity (Wildman–Crippen MR) is 76.7 cm³/mol. The van der Waals surface area contributed by atoms with Crippen molar-refractivity contribution in [3.8, 4) is 11.8 Å². The van der Waals surface area contributed by atoms with Gasteiger partial charge in [-0.25, -0.2) is 4.79 Å². The maximum absolute atomic E-state index is 11.9. The number of esters is 1. The van der Waals surface area contributed by atoms with E-state index in [2.05, 4.69) is 11.4 Å². The molecule has 0 saturated carbocycles. The molecule has 0 saturated heterocycles. The Morgan fingerprint density at radius 1 is 1.45 bits per heavy atom. The zero-order chi connectivity index (χ0) is 15.0. The lowest BCUT2D eigenvalue weighted by molar-refractivity contribution is -0.144. The molecule has 0 aliphatic carbocycles. The van der Waals surface area contributed by atoms with Crippen LogP contribution in [0, 0.1) is 11.3 Å². The van der Waals surface area contributed by atoms with Crippen LogP contribution in [-0.4, -0.2) is 25.7 Å². The Morgan fingerprint density at radius 2 is 2.20 bits per heavy atom. The van der Waals surface area contributed by atoms with Gasteiger partial charge in [0.2, 0.25) is 0 Å². The summed E-state index contributed by atoms with van der Waals surface area (Å²) in [7, 11) is 1.53. The van der Waals surface area contributed by atoms with Crippen LogP contribution in [0.15, 0.2) is 18.2 Å². The largest absolute Gasteiger partial charge is 0.495 e. The summed E-state index contributed by atoms with van der Waals surface area (Å²) in [5.41, 5.74) is 1.19. The number of carbonyl (C=O) groups excluding carboxylic acids is 1. The molecule has 1 rings (SSSR count). The number of nitrogens with zero attached hydrogens (tertiary/aromatic N) is 1. The maximum atomic E-state index is 11.9. The number of anilines is 1. The van der Waals surface area contributed by atoms with E-state index in [1.807, 2.05) is 6.92 Å². The van der Waals surface area contributed by atoms with E-state index in [1.54, 1.807) is 25.1 Å². The zero-order valence-corrected chi connectivity index (χ0v) is 12.1. The molecule has 5 nitrogen and oxygen atoms in total. The van der Waals surface area contributed by atoms with Crippen molar-refractivity contribution < 1.29 is 14.3 Å². The molecule has 0 bridgehead atoms. The first-order valence-corrected chi connectivity index (χ1v) is 6.67. The van der Waals surface area contributed by atoms with Crippen molar-refractivity contribution in [1.82, 2.24) is 0 Å². The van der Waals surface area contributed by atoms with Crippen molar-refractivity contribution in [1.29, 1.82) is 5.26 Å². The Bertz CT molecular complexity index is 494. The summed E-state index contributed by atoms with van der Waals surface area (Å²) in [5, 5.41) is 12.0. The van der Waals surface area contributed by atoms with Gasteiger partial charge in [-0.3, -0.25) is 0 Å². The molecule has 5 heteroatoms. The Labute approximate surface area is 119 Å². The van der Waals surface area contributed by atoms with Crippen LogP contribution in [0.1, 0.15) is 32.3 Å². The van der Waals surface area contributed by atoms with Crippen LogP contribution in [-0.2, 0) is 9.53 Å². The molecule has 0 amide bonds. The summed E-state index contributed by atoms with van der Waals surface area (Å²) in [4.78, 5) is 11.9. The first-order chi connectivity index (χ1) is 9.65. The summed E-state index contributed by atoms with van der Waals surface area (Å²) in [6.45, 7) is 4.14. The molecular formula is C15H20N2O3. The monoisotopic (exact) mass is 276 g/mol. The number of nitrogens with one attached hydrogen (secondary N) is 1.